The van der Waals surface area contributed by atoms with Crippen molar-refractivity contribution in [1.82, 2.24) is 9.71 Å². The maximum atomic E-state index is 13.0. The maximum Gasteiger partial charge on any atom is 0.241 e. The summed E-state index contributed by atoms with van der Waals surface area (Å²) in [6.45, 7) is -0.167. The summed E-state index contributed by atoms with van der Waals surface area (Å²) in [4.78, 5) is 3.62. The Labute approximate surface area is 119 Å². The number of hydrogen-bond acceptors (Lipinski definition) is 3. The summed E-state index contributed by atoms with van der Waals surface area (Å²) < 4.78 is 51.9. The van der Waals surface area contributed by atoms with Gasteiger partial charge in [0.2, 0.25) is 10.0 Å². The summed E-state index contributed by atoms with van der Waals surface area (Å²) in [7, 11) is -3.79. The summed E-state index contributed by atoms with van der Waals surface area (Å²) in [5.74, 6) is -2.02. The molecule has 8 heteroatoms. The first-order valence-electron chi connectivity index (χ1n) is 5.43. The molecule has 0 radical (unpaired) electrons. The summed E-state index contributed by atoms with van der Waals surface area (Å²) in [6.07, 6.45) is 1.26. The van der Waals surface area contributed by atoms with Crippen LogP contribution in [0.5, 0.6) is 0 Å². The van der Waals surface area contributed by atoms with Gasteiger partial charge in [0.25, 0.3) is 0 Å². The topological polar surface area (TPSA) is 59.1 Å². The highest BCUT2D eigenvalue weighted by atomic mass is 35.5. The predicted octanol–water partition coefficient (Wildman–Crippen LogP) is 2.49. The minimum absolute atomic E-state index is 0.0423. The highest BCUT2D eigenvalue weighted by Crippen LogP contribution is 2.14. The van der Waals surface area contributed by atoms with Gasteiger partial charge in [-0.25, -0.2) is 26.9 Å². The molecule has 0 aliphatic rings. The number of nitrogens with zero attached hydrogens (tertiary/aromatic N) is 1. The van der Waals surface area contributed by atoms with Crippen molar-refractivity contribution in [3.05, 3.63) is 58.9 Å². The van der Waals surface area contributed by atoms with Crippen molar-refractivity contribution in [2.24, 2.45) is 0 Å². The van der Waals surface area contributed by atoms with E-state index in [2.05, 4.69) is 9.71 Å². The molecular weight excluding hydrogens is 310 g/mol. The van der Waals surface area contributed by atoms with Crippen molar-refractivity contribution in [2.45, 2.75) is 11.4 Å². The molecule has 0 fully saturated rings. The smallest absolute Gasteiger partial charge is 0.241 e. The van der Waals surface area contributed by atoms with Gasteiger partial charge in [0.05, 0.1) is 4.90 Å². The van der Waals surface area contributed by atoms with E-state index in [4.69, 9.17) is 11.6 Å². The minimum Gasteiger partial charge on any atom is -0.244 e. The van der Waals surface area contributed by atoms with Crippen LogP contribution in [-0.4, -0.2) is 13.4 Å². The van der Waals surface area contributed by atoms with Crippen LogP contribution in [0.4, 0.5) is 8.78 Å². The average Bonchev–Trinajstić information content (AvgIpc) is 2.40. The monoisotopic (exact) mass is 318 g/mol. The molecule has 0 atom stereocenters. The Hall–Kier alpha value is -1.57. The lowest BCUT2D eigenvalue weighted by atomic mass is 10.2. The minimum atomic E-state index is -3.79. The molecule has 20 heavy (non-hydrogen) atoms. The number of nitrogens with one attached hydrogen (secondary N) is 1. The molecule has 106 valence electrons. The summed E-state index contributed by atoms with van der Waals surface area (Å²) in [5.41, 5.74) is 0.299. The fourth-order valence-corrected chi connectivity index (χ4v) is 2.73. The van der Waals surface area contributed by atoms with Crippen molar-refractivity contribution < 1.29 is 17.2 Å². The first-order valence-corrected chi connectivity index (χ1v) is 7.30. The Balaban J connectivity index is 2.15. The van der Waals surface area contributed by atoms with Gasteiger partial charge >= 0.3 is 0 Å². The van der Waals surface area contributed by atoms with E-state index < -0.39 is 21.7 Å². The van der Waals surface area contributed by atoms with E-state index in [0.29, 0.717) is 5.56 Å². The lowest BCUT2D eigenvalue weighted by Gasteiger charge is -2.07. The van der Waals surface area contributed by atoms with E-state index in [0.717, 1.165) is 12.1 Å². The van der Waals surface area contributed by atoms with E-state index >= 15 is 0 Å². The molecule has 1 aromatic carbocycles. The zero-order valence-corrected chi connectivity index (χ0v) is 11.5. The van der Waals surface area contributed by atoms with Gasteiger partial charge in [-0.2, -0.15) is 0 Å². The molecule has 0 saturated heterocycles. The van der Waals surface area contributed by atoms with Crippen LogP contribution >= 0.6 is 11.6 Å². The highest BCUT2D eigenvalue weighted by Gasteiger charge is 2.14. The molecule has 2 aromatic rings. The molecule has 2 rings (SSSR count). The van der Waals surface area contributed by atoms with Crippen LogP contribution in [0.1, 0.15) is 5.56 Å². The van der Waals surface area contributed by atoms with E-state index in [1.165, 1.54) is 24.4 Å². The zero-order chi connectivity index (χ0) is 14.8. The number of pyridine rings is 1. The molecule has 0 unspecified atom stereocenters. The molecule has 0 bridgehead atoms. The second kappa shape index (κ2) is 5.82. The third kappa shape index (κ3) is 3.50. The molecule has 1 aromatic heterocycles. The molecule has 0 aliphatic carbocycles. The van der Waals surface area contributed by atoms with Crippen molar-refractivity contribution in [2.75, 3.05) is 0 Å². The first kappa shape index (κ1) is 14.8. The summed E-state index contributed by atoms with van der Waals surface area (Å²) in [6, 6.07) is 5.62. The Morgan fingerprint density at radius 3 is 2.55 bits per heavy atom. The van der Waals surface area contributed by atoms with E-state index in [-0.39, 0.29) is 16.6 Å². The van der Waals surface area contributed by atoms with Gasteiger partial charge in [0, 0.05) is 12.7 Å². The van der Waals surface area contributed by atoms with Crippen LogP contribution in [0.25, 0.3) is 0 Å². The molecule has 1 heterocycles. The maximum absolute atomic E-state index is 13.0. The quantitative estimate of drug-likeness (QED) is 0.881. The van der Waals surface area contributed by atoms with Crippen LogP contribution in [0, 0.1) is 11.6 Å². The lowest BCUT2D eigenvalue weighted by molar-refractivity contribution is 0.506. The standard InChI is InChI=1S/C12H9ClF2N2O2S/c13-12-6-9(3-4-16-12)20(18,19)17-7-8-1-2-10(14)11(15)5-8/h1-6,17H,7H2. The SMILES string of the molecule is O=S(=O)(NCc1ccc(F)c(F)c1)c1ccnc(Cl)c1. The fraction of sp³-hybridized carbons (Fsp3) is 0.0833. The first-order chi connectivity index (χ1) is 9.38. The van der Waals surface area contributed by atoms with Gasteiger partial charge < -0.3 is 0 Å². The van der Waals surface area contributed by atoms with Crippen LogP contribution in [0.3, 0.4) is 0 Å². The van der Waals surface area contributed by atoms with Crippen molar-refractivity contribution in [3.8, 4) is 0 Å². The second-order valence-corrected chi connectivity index (χ2v) is 6.04. The Morgan fingerprint density at radius 2 is 1.90 bits per heavy atom. The molecule has 0 aliphatic heterocycles. The van der Waals surface area contributed by atoms with E-state index in [9.17, 15) is 17.2 Å². The number of benzene rings is 1. The Kier molecular flexibility index (Phi) is 4.32. The van der Waals surface area contributed by atoms with Crippen molar-refractivity contribution in [3.63, 3.8) is 0 Å². The number of hydrogen-bond donors (Lipinski definition) is 1. The summed E-state index contributed by atoms with van der Waals surface area (Å²) >= 11 is 5.61. The van der Waals surface area contributed by atoms with Crippen LogP contribution in [0.2, 0.25) is 5.15 Å². The number of halogens is 3. The third-order valence-electron chi connectivity index (χ3n) is 2.46. The number of aromatic nitrogens is 1. The Bertz CT molecular complexity index is 738. The molecule has 0 spiro atoms. The van der Waals surface area contributed by atoms with Gasteiger partial charge in [-0.3, -0.25) is 0 Å². The van der Waals surface area contributed by atoms with Gasteiger partial charge in [0.1, 0.15) is 5.15 Å². The molecule has 1 N–H and O–H groups in total. The average molecular weight is 319 g/mol. The zero-order valence-electron chi connectivity index (χ0n) is 9.98. The normalized spacial score (nSPS) is 11.6. The van der Waals surface area contributed by atoms with Crippen molar-refractivity contribution >= 4 is 21.6 Å². The predicted molar refractivity (Wildman–Crippen MR) is 69.6 cm³/mol. The van der Waals surface area contributed by atoms with Gasteiger partial charge in [0.15, 0.2) is 11.6 Å². The van der Waals surface area contributed by atoms with E-state index in [1.807, 2.05) is 0 Å². The largest absolute Gasteiger partial charge is 0.244 e. The van der Waals surface area contributed by atoms with Gasteiger partial charge in [-0.05, 0) is 29.8 Å². The van der Waals surface area contributed by atoms with Gasteiger partial charge in [-0.1, -0.05) is 17.7 Å². The molecular formula is C12H9ClF2N2O2S. The van der Waals surface area contributed by atoms with Gasteiger partial charge in [-0.15, -0.1) is 0 Å². The highest BCUT2D eigenvalue weighted by molar-refractivity contribution is 7.89. The number of sulfonamides is 1. The van der Waals surface area contributed by atoms with Crippen LogP contribution in [0.15, 0.2) is 41.4 Å². The van der Waals surface area contributed by atoms with Crippen molar-refractivity contribution in [1.29, 1.82) is 0 Å². The second-order valence-electron chi connectivity index (χ2n) is 3.89. The number of rotatable bonds is 4. The fourth-order valence-electron chi connectivity index (χ4n) is 1.46. The summed E-state index contributed by atoms with van der Waals surface area (Å²) in [5, 5.41) is 0.0423. The van der Waals surface area contributed by atoms with E-state index in [1.54, 1.807) is 0 Å². The molecule has 0 saturated carbocycles. The lowest BCUT2D eigenvalue weighted by Crippen LogP contribution is -2.23. The third-order valence-corrected chi connectivity index (χ3v) is 4.06. The van der Waals surface area contributed by atoms with Crippen LogP contribution < -0.4 is 4.72 Å². The Morgan fingerprint density at radius 1 is 1.15 bits per heavy atom. The van der Waals surface area contributed by atoms with Crippen LogP contribution in [-0.2, 0) is 16.6 Å². The molecule has 0 amide bonds. The molecule has 4 nitrogen and oxygen atoms in total.